The fourth-order valence-corrected chi connectivity index (χ4v) is 3.84. The molecule has 2 aromatic rings. The van der Waals surface area contributed by atoms with Gasteiger partial charge in [-0.05, 0) is 54.6 Å². The molecule has 4 heteroatoms. The molecule has 1 saturated heterocycles. The van der Waals surface area contributed by atoms with Crippen LogP contribution in [0.2, 0.25) is 0 Å². The van der Waals surface area contributed by atoms with Gasteiger partial charge in [-0.25, -0.2) is 0 Å². The Labute approximate surface area is 156 Å². The van der Waals surface area contributed by atoms with E-state index in [2.05, 4.69) is 41.7 Å². The van der Waals surface area contributed by atoms with Crippen LogP contribution in [-0.4, -0.2) is 45.1 Å². The number of carbonyl (C=O) groups excluding carboxylic acids is 1. The summed E-state index contributed by atoms with van der Waals surface area (Å²) in [7, 11) is 5.38. The van der Waals surface area contributed by atoms with E-state index >= 15 is 0 Å². The van der Waals surface area contributed by atoms with Crippen molar-refractivity contribution in [2.75, 3.05) is 34.3 Å². The van der Waals surface area contributed by atoms with E-state index in [1.165, 1.54) is 11.1 Å². The first kappa shape index (κ1) is 18.5. The van der Waals surface area contributed by atoms with E-state index in [0.717, 1.165) is 43.7 Å². The zero-order chi connectivity index (χ0) is 18.6. The van der Waals surface area contributed by atoms with Gasteiger partial charge in [-0.15, -0.1) is 0 Å². The van der Waals surface area contributed by atoms with E-state index < -0.39 is 0 Å². The number of nitrogens with zero attached hydrogens (tertiary/aromatic N) is 1. The van der Waals surface area contributed by atoms with Crippen LogP contribution in [0.25, 0.3) is 11.1 Å². The van der Waals surface area contributed by atoms with Crippen molar-refractivity contribution in [1.29, 1.82) is 0 Å². The van der Waals surface area contributed by atoms with Crippen LogP contribution in [0, 0.1) is 5.41 Å². The molecule has 1 heterocycles. The normalized spacial score (nSPS) is 19.8. The van der Waals surface area contributed by atoms with E-state index in [4.69, 9.17) is 4.74 Å². The molecule has 0 radical (unpaired) electrons. The van der Waals surface area contributed by atoms with Crippen LogP contribution in [0.4, 0.5) is 0 Å². The first-order chi connectivity index (χ1) is 12.5. The van der Waals surface area contributed by atoms with E-state index in [-0.39, 0.29) is 11.3 Å². The van der Waals surface area contributed by atoms with Crippen LogP contribution < -0.4 is 10.1 Å². The summed E-state index contributed by atoms with van der Waals surface area (Å²) < 4.78 is 5.22. The molecule has 1 aliphatic rings. The number of piperidine rings is 1. The molecule has 0 bridgehead atoms. The summed E-state index contributed by atoms with van der Waals surface area (Å²) in [6, 6.07) is 16.7. The Morgan fingerprint density at radius 3 is 2.19 bits per heavy atom. The third-order valence-corrected chi connectivity index (χ3v) is 5.25. The molecule has 1 aliphatic heterocycles. The van der Waals surface area contributed by atoms with Gasteiger partial charge in [-0.3, -0.25) is 4.79 Å². The van der Waals surface area contributed by atoms with Gasteiger partial charge in [-0.2, -0.15) is 0 Å². The smallest absolute Gasteiger partial charge is 0.229 e. The van der Waals surface area contributed by atoms with Gasteiger partial charge >= 0.3 is 0 Å². The lowest BCUT2D eigenvalue weighted by Crippen LogP contribution is -2.51. The molecule has 0 aromatic heterocycles. The zero-order valence-electron chi connectivity index (χ0n) is 15.9. The molecule has 2 aromatic carbocycles. The van der Waals surface area contributed by atoms with Gasteiger partial charge in [0.2, 0.25) is 5.91 Å². The number of amides is 1. The second kappa shape index (κ2) is 7.92. The molecule has 0 saturated carbocycles. The lowest BCUT2D eigenvalue weighted by atomic mass is 9.74. The lowest BCUT2D eigenvalue weighted by molar-refractivity contribution is -0.140. The van der Waals surface area contributed by atoms with E-state index in [0.29, 0.717) is 0 Å². The summed E-state index contributed by atoms with van der Waals surface area (Å²) >= 11 is 0. The van der Waals surface area contributed by atoms with Gasteiger partial charge in [0.05, 0.1) is 12.5 Å². The molecular weight excluding hydrogens is 324 g/mol. The number of hydrogen-bond donors (Lipinski definition) is 1. The van der Waals surface area contributed by atoms with E-state index in [9.17, 15) is 4.79 Å². The van der Waals surface area contributed by atoms with Gasteiger partial charge in [0.15, 0.2) is 0 Å². The van der Waals surface area contributed by atoms with Gasteiger partial charge < -0.3 is 15.0 Å². The Hall–Kier alpha value is -2.33. The molecule has 1 fully saturated rings. The minimum absolute atomic E-state index is 0.226. The van der Waals surface area contributed by atoms with Crippen molar-refractivity contribution in [2.24, 2.45) is 5.41 Å². The van der Waals surface area contributed by atoms with Crippen molar-refractivity contribution in [3.05, 3.63) is 54.1 Å². The molecule has 1 amide bonds. The summed E-state index contributed by atoms with van der Waals surface area (Å²) in [6.45, 7) is 1.75. The minimum Gasteiger partial charge on any atom is -0.497 e. The number of nitrogens with one attached hydrogen (secondary N) is 1. The minimum atomic E-state index is -0.330. The number of rotatable bonds is 5. The maximum Gasteiger partial charge on any atom is 0.229 e. The molecule has 26 heavy (non-hydrogen) atoms. The monoisotopic (exact) mass is 352 g/mol. The molecule has 0 aliphatic carbocycles. The highest BCUT2D eigenvalue weighted by Gasteiger charge is 2.40. The Morgan fingerprint density at radius 2 is 1.69 bits per heavy atom. The average Bonchev–Trinajstić information content (AvgIpc) is 2.68. The van der Waals surface area contributed by atoms with Crippen LogP contribution in [0.3, 0.4) is 0 Å². The molecule has 1 atom stereocenters. The van der Waals surface area contributed by atoms with Crippen LogP contribution >= 0.6 is 0 Å². The maximum atomic E-state index is 12.8. The van der Waals surface area contributed by atoms with Crippen molar-refractivity contribution in [1.82, 2.24) is 10.2 Å². The van der Waals surface area contributed by atoms with Crippen molar-refractivity contribution in [3.8, 4) is 16.9 Å². The number of benzene rings is 2. The highest BCUT2D eigenvalue weighted by Crippen LogP contribution is 2.33. The number of methoxy groups -OCH3 is 1. The first-order valence-corrected chi connectivity index (χ1v) is 9.20. The zero-order valence-corrected chi connectivity index (χ0v) is 15.9. The highest BCUT2D eigenvalue weighted by atomic mass is 16.5. The standard InChI is InChI=1S/C22H28N2O2/c1-24(2)21(25)22(13-4-14-23-16-22)15-17-5-7-18(8-6-17)19-9-11-20(26-3)12-10-19/h5-12,23H,4,13-16H2,1-3H3/t22-/m1/s1. The SMILES string of the molecule is COc1ccc(-c2ccc(C[C@]3(C(=O)N(C)C)CCCNC3)cc2)cc1. The van der Waals surface area contributed by atoms with Gasteiger partial charge in [0.1, 0.15) is 5.75 Å². The summed E-state index contributed by atoms with van der Waals surface area (Å²) in [6.07, 6.45) is 2.76. The maximum absolute atomic E-state index is 12.8. The van der Waals surface area contributed by atoms with Gasteiger partial charge in [-0.1, -0.05) is 36.4 Å². The van der Waals surface area contributed by atoms with E-state index in [1.807, 2.05) is 26.2 Å². The lowest BCUT2D eigenvalue weighted by Gasteiger charge is -2.38. The Kier molecular flexibility index (Phi) is 5.62. The van der Waals surface area contributed by atoms with Crippen LogP contribution in [0.5, 0.6) is 5.75 Å². The third kappa shape index (κ3) is 3.91. The second-order valence-corrected chi connectivity index (χ2v) is 7.36. The fraction of sp³-hybridized carbons (Fsp3) is 0.409. The quantitative estimate of drug-likeness (QED) is 0.897. The second-order valence-electron chi connectivity index (χ2n) is 7.36. The summed E-state index contributed by atoms with van der Waals surface area (Å²) in [5.41, 5.74) is 3.21. The molecule has 0 spiro atoms. The van der Waals surface area contributed by atoms with Crippen molar-refractivity contribution >= 4 is 5.91 Å². The largest absolute Gasteiger partial charge is 0.497 e. The molecule has 3 rings (SSSR count). The van der Waals surface area contributed by atoms with Crippen LogP contribution in [0.1, 0.15) is 18.4 Å². The summed E-state index contributed by atoms with van der Waals surface area (Å²) in [5.74, 6) is 1.09. The first-order valence-electron chi connectivity index (χ1n) is 9.20. The molecule has 138 valence electrons. The van der Waals surface area contributed by atoms with Crippen molar-refractivity contribution < 1.29 is 9.53 Å². The predicted octanol–water partition coefficient (Wildman–Crippen LogP) is 3.36. The topological polar surface area (TPSA) is 41.6 Å². The number of hydrogen-bond acceptors (Lipinski definition) is 3. The molecule has 1 N–H and O–H groups in total. The highest BCUT2D eigenvalue weighted by molar-refractivity contribution is 5.83. The Morgan fingerprint density at radius 1 is 1.08 bits per heavy atom. The van der Waals surface area contributed by atoms with Crippen LogP contribution in [0.15, 0.2) is 48.5 Å². The number of ether oxygens (including phenoxy) is 1. The molecule has 4 nitrogen and oxygen atoms in total. The summed E-state index contributed by atoms with van der Waals surface area (Å²) in [4.78, 5) is 14.6. The summed E-state index contributed by atoms with van der Waals surface area (Å²) in [5, 5.41) is 3.42. The molecular formula is C22H28N2O2. The van der Waals surface area contributed by atoms with Gasteiger partial charge in [0, 0.05) is 20.6 Å². The van der Waals surface area contributed by atoms with Crippen molar-refractivity contribution in [3.63, 3.8) is 0 Å². The van der Waals surface area contributed by atoms with Gasteiger partial charge in [0.25, 0.3) is 0 Å². The van der Waals surface area contributed by atoms with E-state index in [1.54, 1.807) is 12.0 Å². The fourth-order valence-electron chi connectivity index (χ4n) is 3.84. The average molecular weight is 352 g/mol. The Balaban J connectivity index is 1.79. The van der Waals surface area contributed by atoms with Crippen LogP contribution in [-0.2, 0) is 11.2 Å². The predicted molar refractivity (Wildman–Crippen MR) is 105 cm³/mol. The molecule has 0 unspecified atom stereocenters. The Bertz CT molecular complexity index is 730. The third-order valence-electron chi connectivity index (χ3n) is 5.25. The van der Waals surface area contributed by atoms with Crippen molar-refractivity contribution in [2.45, 2.75) is 19.3 Å². The number of carbonyl (C=O) groups is 1.